The third kappa shape index (κ3) is 2.91. The summed E-state index contributed by atoms with van der Waals surface area (Å²) in [6, 6.07) is 3.60. The number of nitriles is 1. The van der Waals surface area contributed by atoms with Crippen LogP contribution >= 0.6 is 11.6 Å². The van der Waals surface area contributed by atoms with Crippen molar-refractivity contribution >= 4 is 27.4 Å². The Morgan fingerprint density at radius 2 is 2.18 bits per heavy atom. The number of pyridine rings is 1. The molecule has 3 rings (SSSR count). The van der Waals surface area contributed by atoms with Gasteiger partial charge in [-0.05, 0) is 18.9 Å². The molecule has 2 aliphatic rings. The van der Waals surface area contributed by atoms with Crippen LogP contribution in [0.5, 0.6) is 0 Å². The standard InChI is InChI=1S/C14H17ClN4O2S/c1-18(22(20,21)12-2-3-12)7-11-8-19(9-11)14-13(15)4-10(5-16)6-17-14/h4,6,11-12H,2-3,7-9H2,1H3. The third-order valence-electron chi connectivity index (χ3n) is 4.10. The summed E-state index contributed by atoms with van der Waals surface area (Å²) in [6.07, 6.45) is 3.07. The number of halogens is 1. The minimum Gasteiger partial charge on any atom is -0.355 e. The molecule has 6 nitrogen and oxygen atoms in total. The Balaban J connectivity index is 1.57. The van der Waals surface area contributed by atoms with Crippen molar-refractivity contribution in [3.05, 3.63) is 22.8 Å². The second kappa shape index (κ2) is 5.69. The maximum atomic E-state index is 12.1. The maximum Gasteiger partial charge on any atom is 0.216 e. The van der Waals surface area contributed by atoms with Crippen molar-refractivity contribution in [1.82, 2.24) is 9.29 Å². The number of hydrogen-bond acceptors (Lipinski definition) is 5. The van der Waals surface area contributed by atoms with E-state index in [0.717, 1.165) is 25.9 Å². The second-order valence-corrected chi connectivity index (χ2v) is 8.66. The molecule has 0 bridgehead atoms. The molecular weight excluding hydrogens is 324 g/mol. The number of nitrogens with zero attached hydrogens (tertiary/aromatic N) is 4. The van der Waals surface area contributed by atoms with Crippen molar-refractivity contribution in [2.75, 3.05) is 31.6 Å². The molecule has 1 aromatic rings. The number of rotatable bonds is 5. The van der Waals surface area contributed by atoms with Gasteiger partial charge in [-0.15, -0.1) is 0 Å². The Kier molecular flexibility index (Phi) is 4.02. The summed E-state index contributed by atoms with van der Waals surface area (Å²) in [7, 11) is -1.44. The van der Waals surface area contributed by atoms with Crippen LogP contribution in [0.1, 0.15) is 18.4 Å². The molecule has 1 saturated heterocycles. The summed E-state index contributed by atoms with van der Waals surface area (Å²) in [5, 5.41) is 9.10. The van der Waals surface area contributed by atoms with E-state index in [1.807, 2.05) is 11.0 Å². The van der Waals surface area contributed by atoms with E-state index in [2.05, 4.69) is 4.98 Å². The first kappa shape index (κ1) is 15.5. The van der Waals surface area contributed by atoms with Crippen LogP contribution in [0.4, 0.5) is 5.82 Å². The van der Waals surface area contributed by atoms with Crippen LogP contribution in [-0.2, 0) is 10.0 Å². The van der Waals surface area contributed by atoms with E-state index < -0.39 is 10.0 Å². The minimum absolute atomic E-state index is 0.164. The highest BCUT2D eigenvalue weighted by Gasteiger charge is 2.40. The van der Waals surface area contributed by atoms with Gasteiger partial charge in [0.2, 0.25) is 10.0 Å². The van der Waals surface area contributed by atoms with Crippen molar-refractivity contribution in [1.29, 1.82) is 5.26 Å². The van der Waals surface area contributed by atoms with Crippen LogP contribution < -0.4 is 4.90 Å². The number of sulfonamides is 1. The highest BCUT2D eigenvalue weighted by molar-refractivity contribution is 7.90. The molecule has 8 heteroatoms. The van der Waals surface area contributed by atoms with E-state index in [1.165, 1.54) is 10.5 Å². The quantitative estimate of drug-likeness (QED) is 0.811. The van der Waals surface area contributed by atoms with Crippen molar-refractivity contribution < 1.29 is 8.42 Å². The fourth-order valence-corrected chi connectivity index (χ4v) is 4.62. The first-order chi connectivity index (χ1) is 10.4. The number of hydrogen-bond donors (Lipinski definition) is 0. The Labute approximate surface area is 135 Å². The zero-order valence-electron chi connectivity index (χ0n) is 12.2. The summed E-state index contributed by atoms with van der Waals surface area (Å²) in [4.78, 5) is 6.22. The molecule has 1 aromatic heterocycles. The Morgan fingerprint density at radius 3 is 2.73 bits per heavy atom. The van der Waals surface area contributed by atoms with Crippen LogP contribution in [0, 0.1) is 17.2 Å². The molecule has 118 valence electrons. The maximum absolute atomic E-state index is 12.1. The van der Waals surface area contributed by atoms with Gasteiger partial charge in [0.15, 0.2) is 0 Å². The van der Waals surface area contributed by atoms with E-state index in [9.17, 15) is 8.42 Å². The molecule has 0 radical (unpaired) electrons. The van der Waals surface area contributed by atoms with Crippen molar-refractivity contribution in [3.63, 3.8) is 0 Å². The SMILES string of the molecule is CN(CC1CN(c2ncc(C#N)cc2Cl)C1)S(=O)(=O)C1CC1. The highest BCUT2D eigenvalue weighted by Crippen LogP contribution is 2.33. The van der Waals surface area contributed by atoms with Gasteiger partial charge in [0.05, 0.1) is 15.8 Å². The van der Waals surface area contributed by atoms with Gasteiger partial charge in [-0.25, -0.2) is 17.7 Å². The molecule has 0 aromatic carbocycles. The zero-order valence-corrected chi connectivity index (χ0v) is 13.8. The average Bonchev–Trinajstić information content (AvgIpc) is 3.27. The highest BCUT2D eigenvalue weighted by atomic mass is 35.5. The monoisotopic (exact) mass is 340 g/mol. The molecule has 0 N–H and O–H groups in total. The topological polar surface area (TPSA) is 77.3 Å². The lowest BCUT2D eigenvalue weighted by molar-refractivity contribution is 0.325. The van der Waals surface area contributed by atoms with E-state index >= 15 is 0 Å². The molecule has 0 unspecified atom stereocenters. The zero-order chi connectivity index (χ0) is 15.9. The van der Waals surface area contributed by atoms with E-state index in [-0.39, 0.29) is 11.2 Å². The van der Waals surface area contributed by atoms with Gasteiger partial charge in [-0.1, -0.05) is 11.6 Å². The van der Waals surface area contributed by atoms with E-state index in [1.54, 1.807) is 13.1 Å². The fraction of sp³-hybridized carbons (Fsp3) is 0.571. The van der Waals surface area contributed by atoms with E-state index in [4.69, 9.17) is 16.9 Å². The summed E-state index contributed by atoms with van der Waals surface area (Å²) in [6.45, 7) is 1.98. The van der Waals surface area contributed by atoms with Gasteiger partial charge < -0.3 is 4.90 Å². The van der Waals surface area contributed by atoms with Crippen molar-refractivity contribution in [2.24, 2.45) is 5.92 Å². The molecule has 0 atom stereocenters. The van der Waals surface area contributed by atoms with Crippen LogP contribution in [0.2, 0.25) is 5.02 Å². The van der Waals surface area contributed by atoms with Gasteiger partial charge in [-0.3, -0.25) is 0 Å². The van der Waals surface area contributed by atoms with Crippen LogP contribution in [0.25, 0.3) is 0 Å². The molecule has 0 amide bonds. The van der Waals surface area contributed by atoms with Gasteiger partial charge in [0, 0.05) is 38.8 Å². The van der Waals surface area contributed by atoms with Gasteiger partial charge in [0.1, 0.15) is 11.9 Å². The Morgan fingerprint density at radius 1 is 1.50 bits per heavy atom. The molecular formula is C14H17ClN4O2S. The molecule has 1 aliphatic carbocycles. The third-order valence-corrected chi connectivity index (χ3v) is 6.71. The van der Waals surface area contributed by atoms with Crippen LogP contribution in [0.3, 0.4) is 0 Å². The van der Waals surface area contributed by atoms with Gasteiger partial charge >= 0.3 is 0 Å². The lowest BCUT2D eigenvalue weighted by atomic mass is 10.0. The Hall–Kier alpha value is -1.36. The summed E-state index contributed by atoms with van der Waals surface area (Å²) in [5.41, 5.74) is 0.432. The van der Waals surface area contributed by atoms with Gasteiger partial charge in [-0.2, -0.15) is 5.26 Å². The minimum atomic E-state index is -3.10. The molecule has 2 fully saturated rings. The lowest BCUT2D eigenvalue weighted by Crippen LogP contribution is -2.52. The predicted octanol–water partition coefficient (Wildman–Crippen LogP) is 1.47. The predicted molar refractivity (Wildman–Crippen MR) is 84.2 cm³/mol. The average molecular weight is 341 g/mol. The molecule has 2 heterocycles. The normalized spacial score (nSPS) is 19.1. The van der Waals surface area contributed by atoms with Crippen LogP contribution in [-0.4, -0.2) is 49.6 Å². The van der Waals surface area contributed by atoms with E-state index in [0.29, 0.717) is 22.9 Å². The van der Waals surface area contributed by atoms with Crippen molar-refractivity contribution in [3.8, 4) is 6.07 Å². The first-order valence-electron chi connectivity index (χ1n) is 7.17. The summed E-state index contributed by atoms with van der Waals surface area (Å²) >= 11 is 6.13. The lowest BCUT2D eigenvalue weighted by Gasteiger charge is -2.41. The first-order valence-corrected chi connectivity index (χ1v) is 9.05. The van der Waals surface area contributed by atoms with Crippen LogP contribution in [0.15, 0.2) is 12.3 Å². The fourth-order valence-electron chi connectivity index (χ4n) is 2.67. The Bertz CT molecular complexity index is 721. The van der Waals surface area contributed by atoms with Gasteiger partial charge in [0.25, 0.3) is 0 Å². The molecule has 22 heavy (non-hydrogen) atoms. The molecule has 0 spiro atoms. The van der Waals surface area contributed by atoms with Crippen molar-refractivity contribution in [2.45, 2.75) is 18.1 Å². The summed E-state index contributed by atoms with van der Waals surface area (Å²) in [5.74, 6) is 0.941. The molecule has 1 aliphatic heterocycles. The summed E-state index contributed by atoms with van der Waals surface area (Å²) < 4.78 is 25.7. The largest absolute Gasteiger partial charge is 0.355 e. The number of aromatic nitrogens is 1. The smallest absolute Gasteiger partial charge is 0.216 e. The number of anilines is 1. The second-order valence-electron chi connectivity index (χ2n) is 5.94. The molecule has 1 saturated carbocycles.